The van der Waals surface area contributed by atoms with Crippen molar-refractivity contribution in [2.75, 3.05) is 19.7 Å². The molecular weight excluding hydrogens is 314 g/mol. The third-order valence-electron chi connectivity index (χ3n) is 3.37. The standard InChI is InChI=1S/C14H19BrClNO/c1-2-17-9-11-4-3-7-18-14(11)10-5-6-12(15)13(16)8-10/h5-6,8,11,14,17H,2-4,7,9H2,1H3. The first-order chi connectivity index (χ1) is 8.72. The summed E-state index contributed by atoms with van der Waals surface area (Å²) >= 11 is 9.59. The molecule has 1 aromatic carbocycles. The summed E-state index contributed by atoms with van der Waals surface area (Å²) in [7, 11) is 0. The number of hydrogen-bond acceptors (Lipinski definition) is 2. The Morgan fingerprint density at radius 2 is 2.33 bits per heavy atom. The van der Waals surface area contributed by atoms with Crippen LogP contribution in [0.5, 0.6) is 0 Å². The van der Waals surface area contributed by atoms with E-state index < -0.39 is 0 Å². The number of rotatable bonds is 4. The van der Waals surface area contributed by atoms with Gasteiger partial charge in [-0.3, -0.25) is 0 Å². The molecule has 2 atom stereocenters. The Morgan fingerprint density at radius 3 is 3.06 bits per heavy atom. The molecule has 2 nitrogen and oxygen atoms in total. The van der Waals surface area contributed by atoms with Gasteiger partial charge in [0.15, 0.2) is 0 Å². The van der Waals surface area contributed by atoms with Crippen molar-refractivity contribution in [1.82, 2.24) is 5.32 Å². The molecule has 2 rings (SSSR count). The Kier molecular flexibility index (Phi) is 5.49. The van der Waals surface area contributed by atoms with Gasteiger partial charge >= 0.3 is 0 Å². The second kappa shape index (κ2) is 6.90. The molecule has 100 valence electrons. The van der Waals surface area contributed by atoms with Crippen LogP contribution in [-0.2, 0) is 4.74 Å². The molecule has 0 amide bonds. The van der Waals surface area contributed by atoms with Gasteiger partial charge in [0.1, 0.15) is 0 Å². The average Bonchev–Trinajstić information content (AvgIpc) is 2.40. The topological polar surface area (TPSA) is 21.3 Å². The van der Waals surface area contributed by atoms with Crippen LogP contribution in [0.2, 0.25) is 5.02 Å². The zero-order valence-corrected chi connectivity index (χ0v) is 12.9. The highest BCUT2D eigenvalue weighted by molar-refractivity contribution is 9.10. The fourth-order valence-corrected chi connectivity index (χ4v) is 2.88. The monoisotopic (exact) mass is 331 g/mol. The third kappa shape index (κ3) is 3.47. The molecule has 18 heavy (non-hydrogen) atoms. The Morgan fingerprint density at radius 1 is 1.50 bits per heavy atom. The van der Waals surface area contributed by atoms with Crippen molar-refractivity contribution in [3.8, 4) is 0 Å². The molecule has 0 aliphatic carbocycles. The van der Waals surface area contributed by atoms with Crippen LogP contribution in [0.1, 0.15) is 31.4 Å². The van der Waals surface area contributed by atoms with Crippen LogP contribution in [0.15, 0.2) is 22.7 Å². The Bertz CT molecular complexity index is 399. The van der Waals surface area contributed by atoms with E-state index in [2.05, 4.69) is 34.2 Å². The van der Waals surface area contributed by atoms with E-state index in [-0.39, 0.29) is 6.10 Å². The second-order valence-electron chi connectivity index (χ2n) is 4.67. The van der Waals surface area contributed by atoms with E-state index in [0.717, 1.165) is 35.6 Å². The van der Waals surface area contributed by atoms with Crippen molar-refractivity contribution in [2.24, 2.45) is 5.92 Å². The van der Waals surface area contributed by atoms with Crippen LogP contribution < -0.4 is 5.32 Å². The molecule has 1 saturated heterocycles. The first kappa shape index (κ1) is 14.3. The molecule has 0 radical (unpaired) electrons. The minimum Gasteiger partial charge on any atom is -0.373 e. The van der Waals surface area contributed by atoms with Gasteiger partial charge in [-0.15, -0.1) is 0 Å². The van der Waals surface area contributed by atoms with E-state index in [1.54, 1.807) is 0 Å². The summed E-state index contributed by atoms with van der Waals surface area (Å²) in [5.74, 6) is 0.538. The molecule has 1 heterocycles. The predicted octanol–water partition coefficient (Wildman–Crippen LogP) is 4.18. The largest absolute Gasteiger partial charge is 0.373 e. The van der Waals surface area contributed by atoms with Gasteiger partial charge < -0.3 is 10.1 Å². The quantitative estimate of drug-likeness (QED) is 0.893. The summed E-state index contributed by atoms with van der Waals surface area (Å²) < 4.78 is 6.89. The van der Waals surface area contributed by atoms with Crippen LogP contribution in [0, 0.1) is 5.92 Å². The van der Waals surface area contributed by atoms with Gasteiger partial charge in [-0.05, 0) is 53.0 Å². The maximum Gasteiger partial charge on any atom is 0.0865 e. The number of benzene rings is 1. The van der Waals surface area contributed by atoms with Gasteiger partial charge in [0.25, 0.3) is 0 Å². The lowest BCUT2D eigenvalue weighted by Crippen LogP contribution is -2.31. The number of halogens is 2. The lowest BCUT2D eigenvalue weighted by molar-refractivity contribution is -0.0276. The summed E-state index contributed by atoms with van der Waals surface area (Å²) in [6, 6.07) is 6.12. The molecule has 0 aromatic heterocycles. The molecular formula is C14H19BrClNO. The highest BCUT2D eigenvalue weighted by Crippen LogP contribution is 2.35. The molecule has 1 N–H and O–H groups in total. The summed E-state index contributed by atoms with van der Waals surface area (Å²) in [6.07, 6.45) is 2.53. The van der Waals surface area contributed by atoms with Gasteiger partial charge in [-0.1, -0.05) is 24.6 Å². The molecule has 0 bridgehead atoms. The van der Waals surface area contributed by atoms with Gasteiger partial charge in [0, 0.05) is 23.5 Å². The first-order valence-electron chi connectivity index (χ1n) is 6.49. The molecule has 1 aromatic rings. The van der Waals surface area contributed by atoms with Crippen LogP contribution >= 0.6 is 27.5 Å². The highest BCUT2D eigenvalue weighted by Gasteiger charge is 2.27. The fraction of sp³-hybridized carbons (Fsp3) is 0.571. The van der Waals surface area contributed by atoms with E-state index in [9.17, 15) is 0 Å². The number of nitrogens with one attached hydrogen (secondary N) is 1. The molecule has 0 saturated carbocycles. The normalized spacial score (nSPS) is 24.2. The van der Waals surface area contributed by atoms with E-state index in [0.29, 0.717) is 5.92 Å². The summed E-state index contributed by atoms with van der Waals surface area (Å²) in [4.78, 5) is 0. The molecule has 2 unspecified atom stereocenters. The van der Waals surface area contributed by atoms with Crippen LogP contribution in [0.3, 0.4) is 0 Å². The zero-order chi connectivity index (χ0) is 13.0. The Labute approximate surface area is 122 Å². The van der Waals surface area contributed by atoms with E-state index in [4.69, 9.17) is 16.3 Å². The van der Waals surface area contributed by atoms with Crippen LogP contribution in [-0.4, -0.2) is 19.7 Å². The maximum atomic E-state index is 6.17. The van der Waals surface area contributed by atoms with E-state index in [1.165, 1.54) is 12.0 Å². The fourth-order valence-electron chi connectivity index (χ4n) is 2.44. The number of ether oxygens (including phenoxy) is 1. The zero-order valence-electron chi connectivity index (χ0n) is 10.6. The predicted molar refractivity (Wildman–Crippen MR) is 79.1 cm³/mol. The highest BCUT2D eigenvalue weighted by atomic mass is 79.9. The van der Waals surface area contributed by atoms with Crippen molar-refractivity contribution < 1.29 is 4.74 Å². The summed E-state index contributed by atoms with van der Waals surface area (Å²) in [6.45, 7) is 5.00. The molecule has 1 aliphatic heterocycles. The average molecular weight is 333 g/mol. The number of hydrogen-bond donors (Lipinski definition) is 1. The second-order valence-corrected chi connectivity index (χ2v) is 5.94. The van der Waals surface area contributed by atoms with Gasteiger partial charge in [0.2, 0.25) is 0 Å². The van der Waals surface area contributed by atoms with Crippen molar-refractivity contribution in [3.05, 3.63) is 33.3 Å². The Hall–Kier alpha value is -0.0900. The van der Waals surface area contributed by atoms with Crippen molar-refractivity contribution in [1.29, 1.82) is 0 Å². The summed E-state index contributed by atoms with van der Waals surface area (Å²) in [5, 5.41) is 4.18. The summed E-state index contributed by atoms with van der Waals surface area (Å²) in [5.41, 5.74) is 1.19. The van der Waals surface area contributed by atoms with Gasteiger partial charge in [-0.2, -0.15) is 0 Å². The van der Waals surface area contributed by atoms with Gasteiger partial charge in [-0.25, -0.2) is 0 Å². The van der Waals surface area contributed by atoms with E-state index >= 15 is 0 Å². The van der Waals surface area contributed by atoms with Crippen molar-refractivity contribution in [3.63, 3.8) is 0 Å². The van der Waals surface area contributed by atoms with Crippen molar-refractivity contribution >= 4 is 27.5 Å². The van der Waals surface area contributed by atoms with Crippen LogP contribution in [0.25, 0.3) is 0 Å². The molecule has 4 heteroatoms. The molecule has 1 fully saturated rings. The smallest absolute Gasteiger partial charge is 0.0865 e. The van der Waals surface area contributed by atoms with Crippen LogP contribution in [0.4, 0.5) is 0 Å². The van der Waals surface area contributed by atoms with Crippen molar-refractivity contribution in [2.45, 2.75) is 25.9 Å². The minimum atomic E-state index is 0.170. The minimum absolute atomic E-state index is 0.170. The SMILES string of the molecule is CCNCC1CCCOC1c1ccc(Br)c(Cl)c1. The lowest BCUT2D eigenvalue weighted by atomic mass is 9.89. The lowest BCUT2D eigenvalue weighted by Gasteiger charge is -2.32. The Balaban J connectivity index is 2.14. The van der Waals surface area contributed by atoms with Gasteiger partial charge in [0.05, 0.1) is 11.1 Å². The first-order valence-corrected chi connectivity index (χ1v) is 7.66. The molecule has 1 aliphatic rings. The third-order valence-corrected chi connectivity index (χ3v) is 4.61. The van der Waals surface area contributed by atoms with E-state index in [1.807, 2.05) is 12.1 Å². The maximum absolute atomic E-state index is 6.17. The molecule has 0 spiro atoms.